The summed E-state index contributed by atoms with van der Waals surface area (Å²) in [7, 11) is 3.94. The van der Waals surface area contributed by atoms with Crippen LogP contribution in [0.15, 0.2) is 0 Å². The second-order valence-corrected chi connectivity index (χ2v) is 16.2. The predicted octanol–water partition coefficient (Wildman–Crippen LogP) is 6.41. The summed E-state index contributed by atoms with van der Waals surface area (Å²) < 4.78 is 5.27. The molecule has 3 aliphatic heterocycles. The Bertz CT molecular complexity index is 566. The Balaban J connectivity index is 2.78. The average molecular weight is 386 g/mol. The second-order valence-electron chi connectivity index (χ2n) is 10.1. The van der Waals surface area contributed by atoms with Crippen molar-refractivity contribution in [2.75, 3.05) is 7.11 Å². The van der Waals surface area contributed by atoms with Crippen molar-refractivity contribution in [2.45, 2.75) is 79.3 Å². The van der Waals surface area contributed by atoms with Crippen LogP contribution in [0.3, 0.4) is 0 Å². The molecule has 0 fully saturated rings. The minimum absolute atomic E-state index is 0.00281. The van der Waals surface area contributed by atoms with Gasteiger partial charge in [-0.05, 0) is 40.7 Å². The molecule has 0 aromatic heterocycles. The molecule has 2 bridgehead atoms. The van der Waals surface area contributed by atoms with Gasteiger partial charge in [0.15, 0.2) is 0 Å². The first-order valence-electron chi connectivity index (χ1n) is 8.72. The van der Waals surface area contributed by atoms with Crippen molar-refractivity contribution in [3.8, 4) is 0 Å². The van der Waals surface area contributed by atoms with Gasteiger partial charge in [-0.1, -0.05) is 78.7 Å². The summed E-state index contributed by atoms with van der Waals surface area (Å²) >= 11 is 0. The molecule has 1 atom stereocenters. The molecular weight excluding hydrogens is 353 g/mol. The maximum Gasteiger partial charge on any atom is 0.313 e. The number of hydrogen-bond acceptors (Lipinski definition) is 2. The first-order valence-corrected chi connectivity index (χ1v) is 11.9. The molecule has 0 aromatic carbocycles. The smallest absolute Gasteiger partial charge is 0.313 e. The van der Waals surface area contributed by atoms with E-state index in [0.717, 1.165) is 6.42 Å². The summed E-state index contributed by atoms with van der Waals surface area (Å²) in [6.07, 6.45) is 0.969. The summed E-state index contributed by atoms with van der Waals surface area (Å²) in [5.74, 6) is 0.00281. The third kappa shape index (κ3) is 3.41. The fraction of sp³-hybridized carbons (Fsp3) is 0.842. The van der Waals surface area contributed by atoms with E-state index in [-0.39, 0.29) is 32.8 Å². The van der Waals surface area contributed by atoms with Crippen LogP contribution in [0.25, 0.3) is 0 Å². The van der Waals surface area contributed by atoms with E-state index in [0.29, 0.717) is 0 Å². The van der Waals surface area contributed by atoms with Crippen molar-refractivity contribution in [3.63, 3.8) is 0 Å². The lowest BCUT2D eigenvalue weighted by atomic mass is 9.88. The highest BCUT2D eigenvalue weighted by molar-refractivity contribution is 8.06. The van der Waals surface area contributed by atoms with Crippen molar-refractivity contribution >= 4 is 40.4 Å². The molecular formula is C19H33O2P3. The lowest BCUT2D eigenvalue weighted by Crippen LogP contribution is -2.49. The molecule has 0 amide bonds. The maximum absolute atomic E-state index is 12.7. The van der Waals surface area contributed by atoms with E-state index in [1.807, 2.05) is 0 Å². The zero-order chi connectivity index (χ0) is 18.7. The number of rotatable bonds is 1. The average Bonchev–Trinajstić information content (AvgIpc) is 2.43. The maximum atomic E-state index is 12.7. The number of esters is 1. The predicted molar refractivity (Wildman–Crippen MR) is 112 cm³/mol. The van der Waals surface area contributed by atoms with Crippen LogP contribution in [0.4, 0.5) is 0 Å². The number of carbonyl (C=O) groups is 1. The summed E-state index contributed by atoms with van der Waals surface area (Å²) in [4.78, 5) is 12.9. The molecule has 0 unspecified atom stereocenters. The van der Waals surface area contributed by atoms with E-state index < -0.39 is 7.92 Å². The lowest BCUT2D eigenvalue weighted by molar-refractivity contribution is -0.140. The van der Waals surface area contributed by atoms with Crippen LogP contribution < -0.4 is 0 Å². The van der Waals surface area contributed by atoms with Gasteiger partial charge in [-0.15, -0.1) is 0 Å². The Morgan fingerprint density at radius 1 is 1.00 bits per heavy atom. The van der Waals surface area contributed by atoms with Crippen LogP contribution in [0.2, 0.25) is 0 Å². The second kappa shape index (κ2) is 6.15. The number of fused-ring (bicyclic) bond motifs is 1. The van der Waals surface area contributed by atoms with Gasteiger partial charge in [-0.25, -0.2) is 0 Å². The highest BCUT2D eigenvalue weighted by Crippen LogP contribution is 2.74. The van der Waals surface area contributed by atoms with Gasteiger partial charge in [0.2, 0.25) is 0 Å². The molecule has 0 spiro atoms. The van der Waals surface area contributed by atoms with Gasteiger partial charge in [-0.3, -0.25) is 4.79 Å². The van der Waals surface area contributed by atoms with Gasteiger partial charge in [0.05, 0.1) is 17.7 Å². The Labute approximate surface area is 152 Å². The van der Waals surface area contributed by atoms with Gasteiger partial charge in [-0.2, -0.15) is 0 Å². The quantitative estimate of drug-likeness (QED) is 0.384. The van der Waals surface area contributed by atoms with Crippen LogP contribution in [0.5, 0.6) is 0 Å². The molecule has 3 rings (SSSR count). The van der Waals surface area contributed by atoms with Crippen LogP contribution in [0, 0.1) is 16.2 Å². The number of methoxy groups -OCH3 is 1. The van der Waals surface area contributed by atoms with Crippen molar-refractivity contribution in [1.29, 1.82) is 0 Å². The first-order chi connectivity index (χ1) is 10.6. The van der Waals surface area contributed by atoms with E-state index >= 15 is 0 Å². The largest absolute Gasteiger partial charge is 0.469 e. The minimum atomic E-state index is -0.560. The standard InChI is InChI=1S/C19H33O2P3/c1-16(2,3)14-22-19(18(7,8)9)11-12(13(20)21-10)24(14)15(23-19)17(4,5)6/h12H,11H2,1-10H3/t12-,19?,24?/m1/s1. The molecule has 0 aliphatic carbocycles. The Morgan fingerprint density at radius 3 is 1.71 bits per heavy atom. The molecule has 0 N–H and O–H groups in total. The van der Waals surface area contributed by atoms with Gasteiger partial charge >= 0.3 is 5.97 Å². The van der Waals surface area contributed by atoms with Crippen LogP contribution in [0.1, 0.15) is 68.7 Å². The van der Waals surface area contributed by atoms with E-state index in [1.54, 1.807) is 17.2 Å². The Hall–Kier alpha value is 0.240. The number of hydrogen-bond donors (Lipinski definition) is 0. The normalized spacial score (nSPS) is 32.1. The Kier molecular flexibility index (Phi) is 5.26. The van der Waals surface area contributed by atoms with Gasteiger partial charge in [0.25, 0.3) is 0 Å². The first kappa shape index (κ1) is 20.6. The minimum Gasteiger partial charge on any atom is -0.469 e. The molecule has 136 valence electrons. The van der Waals surface area contributed by atoms with Gasteiger partial charge < -0.3 is 4.74 Å². The molecule has 3 aliphatic rings. The van der Waals surface area contributed by atoms with E-state index in [4.69, 9.17) is 4.74 Å². The van der Waals surface area contributed by atoms with Crippen molar-refractivity contribution in [2.24, 2.45) is 16.2 Å². The zero-order valence-electron chi connectivity index (χ0n) is 16.9. The fourth-order valence-corrected chi connectivity index (χ4v) is 14.1. The van der Waals surface area contributed by atoms with Crippen LogP contribution in [-0.2, 0) is 9.53 Å². The van der Waals surface area contributed by atoms with E-state index in [1.165, 1.54) is 16.4 Å². The molecule has 0 radical (unpaired) electrons. The highest BCUT2D eigenvalue weighted by atomic mass is 31.2. The van der Waals surface area contributed by atoms with Crippen molar-refractivity contribution in [3.05, 3.63) is 0 Å². The summed E-state index contributed by atoms with van der Waals surface area (Å²) in [6, 6.07) is 0. The molecule has 0 saturated heterocycles. The van der Waals surface area contributed by atoms with Crippen LogP contribution >= 0.6 is 24.3 Å². The molecule has 0 aromatic rings. The third-order valence-electron chi connectivity index (χ3n) is 4.84. The SMILES string of the molecule is COC(=O)[C@H]1CC2(C(C)(C)C)P=C(C(C)(C)C)P1C(C(C)(C)C)=P2. The summed E-state index contributed by atoms with van der Waals surface area (Å²) in [5, 5.41) is 3.19. The molecule has 0 saturated carbocycles. The molecule has 5 heteroatoms. The zero-order valence-corrected chi connectivity index (χ0v) is 19.6. The van der Waals surface area contributed by atoms with Gasteiger partial charge in [0.1, 0.15) is 0 Å². The van der Waals surface area contributed by atoms with E-state index in [2.05, 4.69) is 62.3 Å². The van der Waals surface area contributed by atoms with E-state index in [9.17, 15) is 4.79 Å². The van der Waals surface area contributed by atoms with Crippen LogP contribution in [-0.4, -0.2) is 33.7 Å². The summed E-state index contributed by atoms with van der Waals surface area (Å²) in [6.45, 7) is 21.0. The molecule has 24 heavy (non-hydrogen) atoms. The topological polar surface area (TPSA) is 26.3 Å². The number of carbonyl (C=O) groups excluding carboxylic acids is 1. The third-order valence-corrected chi connectivity index (χ3v) is 14.8. The lowest BCUT2D eigenvalue weighted by Gasteiger charge is -2.55. The fourth-order valence-electron chi connectivity index (χ4n) is 3.36. The molecule has 3 heterocycles. The summed E-state index contributed by atoms with van der Waals surface area (Å²) in [5.41, 5.74) is 0.443. The van der Waals surface area contributed by atoms with Gasteiger partial charge in [0, 0.05) is 0 Å². The van der Waals surface area contributed by atoms with Crippen molar-refractivity contribution < 1.29 is 9.53 Å². The highest BCUT2D eigenvalue weighted by Gasteiger charge is 2.57. The monoisotopic (exact) mass is 386 g/mol. The molecule has 2 nitrogen and oxygen atoms in total. The number of ether oxygens (including phenoxy) is 1. The van der Waals surface area contributed by atoms with Crippen molar-refractivity contribution in [1.82, 2.24) is 0 Å². The Morgan fingerprint density at radius 2 is 1.42 bits per heavy atom.